The molecular weight excluding hydrogens is 426 g/mol. The number of aliphatic imine (C=N–C) groups is 1. The molecule has 3 aromatic carbocycles. The minimum absolute atomic E-state index is 0.0143. The zero-order chi connectivity index (χ0) is 24.2. The number of aromatic hydroxyl groups is 1. The van der Waals surface area contributed by atoms with Crippen molar-refractivity contribution in [2.24, 2.45) is 4.99 Å². The Bertz CT molecular complexity index is 1070. The van der Waals surface area contributed by atoms with Crippen LogP contribution in [0.4, 0.5) is 5.69 Å². The molecule has 0 aliphatic rings. The Morgan fingerprint density at radius 1 is 0.882 bits per heavy atom. The third-order valence-electron chi connectivity index (χ3n) is 5.46. The third kappa shape index (κ3) is 8.07. The van der Waals surface area contributed by atoms with Crippen molar-refractivity contribution in [3.63, 3.8) is 0 Å². The number of carbonyl (C=O) groups is 1. The van der Waals surface area contributed by atoms with Gasteiger partial charge in [-0.2, -0.15) is 0 Å². The minimum atomic E-state index is -0.497. The zero-order valence-electron chi connectivity index (χ0n) is 20.0. The number of carbonyl (C=O) groups excluding carboxylic acids is 1. The normalized spacial score (nSPS) is 11.0. The molecule has 0 heterocycles. The van der Waals surface area contributed by atoms with Gasteiger partial charge in [0.2, 0.25) is 0 Å². The quantitative estimate of drug-likeness (QED) is 0.132. The number of aryl methyl sites for hydroxylation is 1. The van der Waals surface area contributed by atoms with Crippen LogP contribution in [0.15, 0.2) is 71.7 Å². The van der Waals surface area contributed by atoms with Gasteiger partial charge < -0.3 is 14.6 Å². The molecule has 0 fully saturated rings. The van der Waals surface area contributed by atoms with Crippen LogP contribution in [0.2, 0.25) is 0 Å². The van der Waals surface area contributed by atoms with Crippen LogP contribution < -0.4 is 9.47 Å². The molecule has 0 amide bonds. The number of unbranched alkanes of at least 4 members (excludes halogenated alkanes) is 5. The highest BCUT2D eigenvalue weighted by molar-refractivity contribution is 5.91. The first-order chi connectivity index (χ1) is 16.5. The lowest BCUT2D eigenvalue weighted by atomic mass is 10.1. The summed E-state index contributed by atoms with van der Waals surface area (Å²) < 4.78 is 11.2. The summed E-state index contributed by atoms with van der Waals surface area (Å²) in [6.45, 7) is 4.90. The first-order valence-electron chi connectivity index (χ1n) is 11.9. The Balaban J connectivity index is 1.49. The molecule has 5 heteroatoms. The van der Waals surface area contributed by atoms with Crippen molar-refractivity contribution >= 4 is 17.9 Å². The lowest BCUT2D eigenvalue weighted by Crippen LogP contribution is -2.08. The van der Waals surface area contributed by atoms with Gasteiger partial charge in [0.05, 0.1) is 17.9 Å². The summed E-state index contributed by atoms with van der Waals surface area (Å²) in [5.41, 5.74) is 2.90. The van der Waals surface area contributed by atoms with E-state index in [1.54, 1.807) is 42.6 Å². The molecule has 0 radical (unpaired) electrons. The number of phenolic OH excluding ortho intramolecular Hbond substituents is 1. The van der Waals surface area contributed by atoms with Crippen molar-refractivity contribution in [2.45, 2.75) is 52.4 Å². The molecule has 5 nitrogen and oxygen atoms in total. The largest absolute Gasteiger partial charge is 0.507 e. The molecule has 0 aromatic heterocycles. The van der Waals surface area contributed by atoms with Gasteiger partial charge in [-0.1, -0.05) is 56.7 Å². The van der Waals surface area contributed by atoms with E-state index in [1.807, 2.05) is 31.2 Å². The van der Waals surface area contributed by atoms with Crippen LogP contribution in [0.5, 0.6) is 17.2 Å². The monoisotopic (exact) mass is 459 g/mol. The maximum atomic E-state index is 12.5. The molecule has 0 saturated carbocycles. The summed E-state index contributed by atoms with van der Waals surface area (Å²) in [6.07, 6.45) is 8.87. The fraction of sp³-hybridized carbons (Fsp3) is 0.310. The predicted molar refractivity (Wildman–Crippen MR) is 137 cm³/mol. The topological polar surface area (TPSA) is 68.1 Å². The SMILES string of the molecule is CCCCCCCCOc1ccc(C(=O)Oc2ccc(C=Nc3ccc(C)cc3)c(O)c2)cc1. The molecule has 0 atom stereocenters. The number of hydrogen-bond donors (Lipinski definition) is 1. The Morgan fingerprint density at radius 3 is 2.26 bits per heavy atom. The standard InChI is InChI=1S/C29H33NO4/c1-3-4-5-6-7-8-19-33-26-16-11-23(12-17-26)29(32)34-27-18-13-24(28(31)20-27)21-30-25-14-9-22(2)10-15-25/h9-18,20-21,31H,3-8,19H2,1-2H3. The van der Waals surface area contributed by atoms with Crippen LogP contribution >= 0.6 is 0 Å². The molecule has 0 aliphatic heterocycles. The van der Waals surface area contributed by atoms with Gasteiger partial charge in [0.25, 0.3) is 0 Å². The summed E-state index contributed by atoms with van der Waals surface area (Å²) in [5.74, 6) is 0.487. The van der Waals surface area contributed by atoms with Crippen LogP contribution in [-0.2, 0) is 0 Å². The smallest absolute Gasteiger partial charge is 0.343 e. The molecule has 0 spiro atoms. The van der Waals surface area contributed by atoms with E-state index in [0.29, 0.717) is 17.7 Å². The van der Waals surface area contributed by atoms with Gasteiger partial charge in [-0.25, -0.2) is 4.79 Å². The number of benzene rings is 3. The highest BCUT2D eigenvalue weighted by Crippen LogP contribution is 2.24. The van der Waals surface area contributed by atoms with E-state index in [0.717, 1.165) is 23.4 Å². The van der Waals surface area contributed by atoms with Crippen LogP contribution in [0.3, 0.4) is 0 Å². The second-order valence-electron chi connectivity index (χ2n) is 8.34. The van der Waals surface area contributed by atoms with Crippen LogP contribution in [-0.4, -0.2) is 23.9 Å². The van der Waals surface area contributed by atoms with Crippen molar-refractivity contribution in [3.8, 4) is 17.2 Å². The van der Waals surface area contributed by atoms with Gasteiger partial charge in [-0.15, -0.1) is 0 Å². The Labute approximate surface area is 202 Å². The second-order valence-corrected chi connectivity index (χ2v) is 8.34. The summed E-state index contributed by atoms with van der Waals surface area (Å²) in [5, 5.41) is 10.3. The van der Waals surface area contributed by atoms with Crippen LogP contribution in [0.25, 0.3) is 0 Å². The maximum absolute atomic E-state index is 12.5. The summed E-state index contributed by atoms with van der Waals surface area (Å²) in [6, 6.07) is 19.4. The molecular formula is C29H33NO4. The molecule has 0 aliphatic carbocycles. The van der Waals surface area contributed by atoms with E-state index in [9.17, 15) is 9.90 Å². The van der Waals surface area contributed by atoms with Gasteiger partial charge in [0.1, 0.15) is 17.2 Å². The lowest BCUT2D eigenvalue weighted by molar-refractivity contribution is 0.0734. The number of nitrogens with zero attached hydrogens (tertiary/aromatic N) is 1. The molecule has 1 N–H and O–H groups in total. The van der Waals surface area contributed by atoms with Crippen molar-refractivity contribution in [1.82, 2.24) is 0 Å². The fourth-order valence-electron chi connectivity index (χ4n) is 3.40. The number of esters is 1. The van der Waals surface area contributed by atoms with Gasteiger partial charge in [0.15, 0.2) is 0 Å². The Morgan fingerprint density at radius 2 is 1.56 bits per heavy atom. The van der Waals surface area contributed by atoms with Gasteiger partial charge in [-0.05, 0) is 61.9 Å². The Kier molecular flexibility index (Phi) is 9.71. The zero-order valence-corrected chi connectivity index (χ0v) is 20.0. The number of hydrogen-bond acceptors (Lipinski definition) is 5. The molecule has 178 valence electrons. The number of phenols is 1. The molecule has 34 heavy (non-hydrogen) atoms. The van der Waals surface area contributed by atoms with Crippen molar-refractivity contribution < 1.29 is 19.4 Å². The first kappa shape index (κ1) is 25.0. The average molecular weight is 460 g/mol. The highest BCUT2D eigenvalue weighted by atomic mass is 16.5. The van der Waals surface area contributed by atoms with E-state index in [-0.39, 0.29) is 11.5 Å². The number of ether oxygens (including phenoxy) is 2. The molecule has 0 bridgehead atoms. The molecule has 3 rings (SSSR count). The summed E-state index contributed by atoms with van der Waals surface area (Å²) in [7, 11) is 0. The molecule has 3 aromatic rings. The summed E-state index contributed by atoms with van der Waals surface area (Å²) >= 11 is 0. The summed E-state index contributed by atoms with van der Waals surface area (Å²) in [4.78, 5) is 16.8. The van der Waals surface area contributed by atoms with Crippen LogP contribution in [0.1, 0.15) is 66.9 Å². The van der Waals surface area contributed by atoms with Crippen LogP contribution in [0, 0.1) is 6.92 Å². The van der Waals surface area contributed by atoms with Crippen molar-refractivity contribution in [2.75, 3.05) is 6.61 Å². The van der Waals surface area contributed by atoms with E-state index in [4.69, 9.17) is 9.47 Å². The molecule has 0 saturated heterocycles. The van der Waals surface area contributed by atoms with Gasteiger partial charge in [0, 0.05) is 17.8 Å². The van der Waals surface area contributed by atoms with E-state index < -0.39 is 5.97 Å². The maximum Gasteiger partial charge on any atom is 0.343 e. The van der Waals surface area contributed by atoms with E-state index >= 15 is 0 Å². The van der Waals surface area contributed by atoms with E-state index in [1.165, 1.54) is 38.2 Å². The second kappa shape index (κ2) is 13.2. The molecule has 0 unspecified atom stereocenters. The van der Waals surface area contributed by atoms with Crippen molar-refractivity contribution in [3.05, 3.63) is 83.4 Å². The average Bonchev–Trinajstić information content (AvgIpc) is 2.84. The van der Waals surface area contributed by atoms with Gasteiger partial charge >= 0.3 is 5.97 Å². The van der Waals surface area contributed by atoms with Crippen molar-refractivity contribution in [1.29, 1.82) is 0 Å². The van der Waals surface area contributed by atoms with Gasteiger partial charge in [-0.3, -0.25) is 4.99 Å². The predicted octanol–water partition coefficient (Wildman–Crippen LogP) is 7.41. The fourth-order valence-corrected chi connectivity index (χ4v) is 3.40. The third-order valence-corrected chi connectivity index (χ3v) is 5.46. The lowest BCUT2D eigenvalue weighted by Gasteiger charge is -2.08. The Hall–Kier alpha value is -3.60. The highest BCUT2D eigenvalue weighted by Gasteiger charge is 2.10. The first-order valence-corrected chi connectivity index (χ1v) is 11.9. The number of rotatable bonds is 12. The van der Waals surface area contributed by atoms with E-state index in [2.05, 4.69) is 11.9 Å². The minimum Gasteiger partial charge on any atom is -0.507 e.